The first-order valence-electron chi connectivity index (χ1n) is 10.4. The Morgan fingerprint density at radius 3 is 2.41 bits per heavy atom. The number of fused-ring (bicyclic) bond motifs is 1. The van der Waals surface area contributed by atoms with E-state index in [1.165, 1.54) is 0 Å². The number of amides is 3. The molecule has 32 heavy (non-hydrogen) atoms. The largest absolute Gasteiger partial charge is 0.489 e. The Kier molecular flexibility index (Phi) is 6.46. The SMILES string of the molecule is O=C(CCC1NC(=O)c2ccccc2NC1=O)Nc1ccc(OCc2ccccc2)cc1. The summed E-state index contributed by atoms with van der Waals surface area (Å²) in [5.41, 5.74) is 2.57. The number of hydrogen-bond acceptors (Lipinski definition) is 4. The van der Waals surface area contributed by atoms with E-state index in [0.717, 1.165) is 5.56 Å². The van der Waals surface area contributed by atoms with Crippen LogP contribution in [0.5, 0.6) is 5.75 Å². The minimum absolute atomic E-state index is 0.0843. The van der Waals surface area contributed by atoms with E-state index in [4.69, 9.17) is 4.74 Å². The molecule has 7 nitrogen and oxygen atoms in total. The van der Waals surface area contributed by atoms with Gasteiger partial charge < -0.3 is 20.7 Å². The molecule has 0 aliphatic carbocycles. The van der Waals surface area contributed by atoms with Crippen molar-refractivity contribution in [2.24, 2.45) is 0 Å². The van der Waals surface area contributed by atoms with Gasteiger partial charge in [0.15, 0.2) is 0 Å². The van der Waals surface area contributed by atoms with Crippen LogP contribution in [-0.4, -0.2) is 23.8 Å². The number of nitrogens with one attached hydrogen (secondary N) is 3. The number of carbonyl (C=O) groups is 3. The minimum Gasteiger partial charge on any atom is -0.489 e. The summed E-state index contributed by atoms with van der Waals surface area (Å²) < 4.78 is 5.74. The summed E-state index contributed by atoms with van der Waals surface area (Å²) in [4.78, 5) is 37.1. The predicted molar refractivity (Wildman–Crippen MR) is 121 cm³/mol. The molecule has 0 saturated carbocycles. The van der Waals surface area contributed by atoms with E-state index in [1.54, 1.807) is 48.5 Å². The first-order chi connectivity index (χ1) is 15.6. The van der Waals surface area contributed by atoms with Crippen molar-refractivity contribution in [1.82, 2.24) is 5.32 Å². The highest BCUT2D eigenvalue weighted by molar-refractivity contribution is 6.10. The maximum atomic E-state index is 12.4. The van der Waals surface area contributed by atoms with Crippen LogP contribution in [-0.2, 0) is 16.2 Å². The molecule has 1 aliphatic heterocycles. The number of rotatable bonds is 7. The molecule has 7 heteroatoms. The van der Waals surface area contributed by atoms with Crippen LogP contribution >= 0.6 is 0 Å². The maximum Gasteiger partial charge on any atom is 0.254 e. The third kappa shape index (κ3) is 5.31. The van der Waals surface area contributed by atoms with Gasteiger partial charge in [0, 0.05) is 12.1 Å². The lowest BCUT2D eigenvalue weighted by Crippen LogP contribution is -2.41. The van der Waals surface area contributed by atoms with Gasteiger partial charge in [-0.25, -0.2) is 0 Å². The summed E-state index contributed by atoms with van der Waals surface area (Å²) in [6.45, 7) is 0.464. The van der Waals surface area contributed by atoms with Crippen molar-refractivity contribution in [3.05, 3.63) is 90.0 Å². The Bertz CT molecular complexity index is 1110. The molecule has 0 bridgehead atoms. The molecule has 1 atom stereocenters. The summed E-state index contributed by atoms with van der Waals surface area (Å²) in [6.07, 6.45) is 0.274. The van der Waals surface area contributed by atoms with E-state index in [2.05, 4.69) is 16.0 Å². The van der Waals surface area contributed by atoms with Crippen molar-refractivity contribution in [3.63, 3.8) is 0 Å². The van der Waals surface area contributed by atoms with Crippen LogP contribution < -0.4 is 20.7 Å². The second-order valence-corrected chi connectivity index (χ2v) is 7.45. The van der Waals surface area contributed by atoms with Gasteiger partial charge >= 0.3 is 0 Å². The average Bonchev–Trinajstić information content (AvgIpc) is 2.93. The summed E-state index contributed by atoms with van der Waals surface area (Å²) in [5, 5.41) is 8.23. The molecule has 3 aromatic rings. The Morgan fingerprint density at radius 1 is 0.906 bits per heavy atom. The monoisotopic (exact) mass is 429 g/mol. The molecule has 1 unspecified atom stereocenters. The van der Waals surface area contributed by atoms with Crippen LogP contribution in [0.25, 0.3) is 0 Å². The fourth-order valence-corrected chi connectivity index (χ4v) is 3.39. The maximum absolute atomic E-state index is 12.4. The number of para-hydroxylation sites is 1. The number of anilines is 2. The van der Waals surface area contributed by atoms with Gasteiger partial charge in [-0.3, -0.25) is 14.4 Å². The van der Waals surface area contributed by atoms with Gasteiger partial charge in [0.25, 0.3) is 5.91 Å². The van der Waals surface area contributed by atoms with Gasteiger partial charge in [0.05, 0.1) is 11.3 Å². The van der Waals surface area contributed by atoms with Crippen LogP contribution in [0.2, 0.25) is 0 Å². The summed E-state index contributed by atoms with van der Waals surface area (Å²) in [5.74, 6) is -0.220. The van der Waals surface area contributed by atoms with Gasteiger partial charge in [-0.05, 0) is 48.4 Å². The molecule has 0 spiro atoms. The van der Waals surface area contributed by atoms with E-state index in [0.29, 0.717) is 29.3 Å². The highest BCUT2D eigenvalue weighted by Crippen LogP contribution is 2.20. The van der Waals surface area contributed by atoms with Gasteiger partial charge in [0.2, 0.25) is 11.8 Å². The topological polar surface area (TPSA) is 96.5 Å². The lowest BCUT2D eigenvalue weighted by atomic mass is 10.1. The number of carbonyl (C=O) groups excluding carboxylic acids is 3. The normalized spacial score (nSPS) is 15.1. The molecule has 0 aromatic heterocycles. The predicted octanol–water partition coefficient (Wildman–Crippen LogP) is 3.74. The van der Waals surface area contributed by atoms with Crippen molar-refractivity contribution in [2.75, 3.05) is 10.6 Å². The van der Waals surface area contributed by atoms with Crippen LogP contribution in [0.15, 0.2) is 78.9 Å². The quantitative estimate of drug-likeness (QED) is 0.533. The van der Waals surface area contributed by atoms with E-state index in [-0.39, 0.29) is 30.6 Å². The molecule has 0 fully saturated rings. The smallest absolute Gasteiger partial charge is 0.254 e. The third-order valence-corrected chi connectivity index (χ3v) is 5.10. The van der Waals surface area contributed by atoms with Gasteiger partial charge in [-0.15, -0.1) is 0 Å². The average molecular weight is 429 g/mol. The zero-order chi connectivity index (χ0) is 22.3. The zero-order valence-corrected chi connectivity index (χ0v) is 17.3. The van der Waals surface area contributed by atoms with Crippen LogP contribution in [0, 0.1) is 0 Å². The lowest BCUT2D eigenvalue weighted by Gasteiger charge is -2.14. The van der Waals surface area contributed by atoms with Crippen molar-refractivity contribution < 1.29 is 19.1 Å². The highest BCUT2D eigenvalue weighted by atomic mass is 16.5. The van der Waals surface area contributed by atoms with E-state index < -0.39 is 6.04 Å². The molecule has 4 rings (SSSR count). The minimum atomic E-state index is -0.783. The fraction of sp³-hybridized carbons (Fsp3) is 0.160. The van der Waals surface area contributed by atoms with Crippen LogP contribution in [0.1, 0.15) is 28.8 Å². The van der Waals surface area contributed by atoms with Gasteiger partial charge in [-0.2, -0.15) is 0 Å². The molecule has 1 heterocycles. The molecule has 0 radical (unpaired) electrons. The molecule has 1 aliphatic rings. The standard InChI is InChI=1S/C25H23N3O4/c29-23(15-14-22-25(31)27-21-9-5-4-8-20(21)24(30)28-22)26-18-10-12-19(13-11-18)32-16-17-6-2-1-3-7-17/h1-13,22H,14-16H2,(H,26,29)(H,27,31)(H,28,30). The third-order valence-electron chi connectivity index (χ3n) is 5.10. The molecule has 3 aromatic carbocycles. The second kappa shape index (κ2) is 9.78. The molecular weight excluding hydrogens is 406 g/mol. The number of hydrogen-bond donors (Lipinski definition) is 3. The molecule has 3 N–H and O–H groups in total. The van der Waals surface area contributed by atoms with Crippen LogP contribution in [0.3, 0.4) is 0 Å². The Morgan fingerprint density at radius 2 is 1.62 bits per heavy atom. The van der Waals surface area contributed by atoms with Crippen molar-refractivity contribution in [2.45, 2.75) is 25.5 Å². The first kappa shape index (κ1) is 21.1. The summed E-state index contributed by atoms with van der Waals surface area (Å²) >= 11 is 0. The van der Waals surface area contributed by atoms with E-state index in [9.17, 15) is 14.4 Å². The Balaban J connectivity index is 1.27. The molecule has 3 amide bonds. The summed E-state index contributed by atoms with van der Waals surface area (Å²) in [6, 6.07) is 23.0. The van der Waals surface area contributed by atoms with Gasteiger partial charge in [-0.1, -0.05) is 42.5 Å². The first-order valence-corrected chi connectivity index (χ1v) is 10.4. The number of ether oxygens (including phenoxy) is 1. The van der Waals surface area contributed by atoms with Crippen LogP contribution in [0.4, 0.5) is 11.4 Å². The lowest BCUT2D eigenvalue weighted by molar-refractivity contribution is -0.118. The Labute approximate surface area is 185 Å². The van der Waals surface area contributed by atoms with Crippen molar-refractivity contribution in [1.29, 1.82) is 0 Å². The zero-order valence-electron chi connectivity index (χ0n) is 17.3. The van der Waals surface area contributed by atoms with Gasteiger partial charge in [0.1, 0.15) is 18.4 Å². The molecule has 0 saturated heterocycles. The summed E-state index contributed by atoms with van der Waals surface area (Å²) in [7, 11) is 0. The molecular formula is C25H23N3O4. The highest BCUT2D eigenvalue weighted by Gasteiger charge is 2.27. The molecule has 162 valence electrons. The van der Waals surface area contributed by atoms with Crippen molar-refractivity contribution >= 4 is 29.1 Å². The van der Waals surface area contributed by atoms with Crippen molar-refractivity contribution in [3.8, 4) is 5.75 Å². The number of benzene rings is 3. The van der Waals surface area contributed by atoms with E-state index in [1.807, 2.05) is 30.3 Å². The second-order valence-electron chi connectivity index (χ2n) is 7.45. The Hall–Kier alpha value is -4.13. The fourth-order valence-electron chi connectivity index (χ4n) is 3.39. The van der Waals surface area contributed by atoms with E-state index >= 15 is 0 Å².